The van der Waals surface area contributed by atoms with Gasteiger partial charge >= 0.3 is 5.97 Å². The van der Waals surface area contributed by atoms with Crippen LogP contribution in [-0.4, -0.2) is 25.8 Å². The van der Waals surface area contributed by atoms with Crippen LogP contribution in [0.1, 0.15) is 44.0 Å². The van der Waals surface area contributed by atoms with Crippen molar-refractivity contribution in [1.29, 1.82) is 0 Å². The first-order valence-corrected chi connectivity index (χ1v) is 12.5. The van der Waals surface area contributed by atoms with E-state index in [1.165, 1.54) is 0 Å². The van der Waals surface area contributed by atoms with Gasteiger partial charge in [-0.15, -0.1) is 0 Å². The zero-order valence-electron chi connectivity index (χ0n) is 21.3. The first-order chi connectivity index (χ1) is 18.3. The van der Waals surface area contributed by atoms with Crippen molar-refractivity contribution in [3.05, 3.63) is 117 Å². The van der Waals surface area contributed by atoms with E-state index in [9.17, 15) is 9.90 Å². The van der Waals surface area contributed by atoms with Gasteiger partial charge in [-0.25, -0.2) is 14.5 Å². The Bertz CT molecular complexity index is 1650. The summed E-state index contributed by atoms with van der Waals surface area (Å²) in [6, 6.07) is 22.9. The number of pyridine rings is 1. The van der Waals surface area contributed by atoms with Gasteiger partial charge in [0, 0.05) is 5.02 Å². The van der Waals surface area contributed by atoms with Gasteiger partial charge < -0.3 is 9.84 Å². The molecule has 0 fully saturated rings. The molecule has 2 aromatic heterocycles. The van der Waals surface area contributed by atoms with E-state index in [2.05, 4.69) is 5.10 Å². The average Bonchev–Trinajstić information content (AvgIpc) is 3.22. The molecule has 0 saturated heterocycles. The summed E-state index contributed by atoms with van der Waals surface area (Å²) in [5.41, 5.74) is 5.80. The summed E-state index contributed by atoms with van der Waals surface area (Å²) in [7, 11) is 0. The molecule has 0 radical (unpaired) electrons. The maximum absolute atomic E-state index is 12.1. The Balaban J connectivity index is 1.44. The monoisotopic (exact) mass is 523 g/mol. The summed E-state index contributed by atoms with van der Waals surface area (Å²) < 4.78 is 7.78. The van der Waals surface area contributed by atoms with Gasteiger partial charge in [0.2, 0.25) is 0 Å². The SMILES string of the molecule is Cc1cc(Oc2ccc(Cn3nc(C)c4c(C(=O)O)cc(/C=C/c5ccccc5)nc43)cc2)cc(C)c1Cl. The number of rotatable bonds is 7. The number of hydrogen-bond donors (Lipinski definition) is 1. The third-order valence-electron chi connectivity index (χ3n) is 6.28. The number of aromatic nitrogens is 3. The molecule has 0 bridgehead atoms. The highest BCUT2D eigenvalue weighted by atomic mass is 35.5. The van der Waals surface area contributed by atoms with Crippen LogP contribution in [-0.2, 0) is 6.54 Å². The number of benzene rings is 3. The van der Waals surface area contributed by atoms with Crippen LogP contribution >= 0.6 is 11.6 Å². The number of ether oxygens (including phenoxy) is 1. The van der Waals surface area contributed by atoms with Crippen molar-refractivity contribution in [3.8, 4) is 11.5 Å². The summed E-state index contributed by atoms with van der Waals surface area (Å²) >= 11 is 6.27. The normalized spacial score (nSPS) is 11.4. The van der Waals surface area contributed by atoms with Crippen LogP contribution < -0.4 is 4.74 Å². The molecular weight excluding hydrogens is 498 g/mol. The van der Waals surface area contributed by atoms with E-state index in [1.54, 1.807) is 17.7 Å². The zero-order valence-corrected chi connectivity index (χ0v) is 22.0. The number of aryl methyl sites for hydroxylation is 3. The van der Waals surface area contributed by atoms with Gasteiger partial charge in [-0.1, -0.05) is 60.1 Å². The molecule has 1 N–H and O–H groups in total. The Morgan fingerprint density at radius 2 is 1.63 bits per heavy atom. The lowest BCUT2D eigenvalue weighted by atomic mass is 10.1. The van der Waals surface area contributed by atoms with Gasteiger partial charge in [0.05, 0.1) is 28.9 Å². The molecule has 0 aliphatic heterocycles. The number of fused-ring (bicyclic) bond motifs is 1. The number of aromatic carboxylic acids is 1. The van der Waals surface area contributed by atoms with E-state index in [0.717, 1.165) is 33.0 Å². The maximum atomic E-state index is 12.1. The van der Waals surface area contributed by atoms with E-state index in [0.29, 0.717) is 34.7 Å². The largest absolute Gasteiger partial charge is 0.478 e. The molecule has 0 atom stereocenters. The van der Waals surface area contributed by atoms with Crippen LogP contribution in [0.15, 0.2) is 72.8 Å². The van der Waals surface area contributed by atoms with Crippen LogP contribution in [0, 0.1) is 20.8 Å². The van der Waals surface area contributed by atoms with Crippen molar-refractivity contribution >= 4 is 40.8 Å². The summed E-state index contributed by atoms with van der Waals surface area (Å²) in [5.74, 6) is 0.423. The second kappa shape index (κ2) is 10.5. The second-order valence-electron chi connectivity index (χ2n) is 9.20. The number of carboxylic acid groups (broad SMARTS) is 1. The molecule has 190 valence electrons. The van der Waals surface area contributed by atoms with E-state index in [-0.39, 0.29) is 5.56 Å². The Hall–Kier alpha value is -4.42. The molecule has 38 heavy (non-hydrogen) atoms. The Morgan fingerprint density at radius 3 is 2.29 bits per heavy atom. The van der Waals surface area contributed by atoms with Crippen molar-refractivity contribution < 1.29 is 14.6 Å². The minimum atomic E-state index is -1.01. The molecular formula is C31H26ClN3O3. The van der Waals surface area contributed by atoms with Crippen molar-refractivity contribution in [3.63, 3.8) is 0 Å². The lowest BCUT2D eigenvalue weighted by Gasteiger charge is -2.10. The quantitative estimate of drug-likeness (QED) is 0.236. The van der Waals surface area contributed by atoms with Gasteiger partial charge in [-0.05, 0) is 79.4 Å². The van der Waals surface area contributed by atoms with Crippen LogP contribution in [0.4, 0.5) is 0 Å². The zero-order chi connectivity index (χ0) is 26.8. The minimum absolute atomic E-state index is 0.184. The fourth-order valence-electron chi connectivity index (χ4n) is 4.42. The fraction of sp³-hybridized carbons (Fsp3) is 0.129. The second-order valence-corrected chi connectivity index (χ2v) is 9.58. The lowest BCUT2D eigenvalue weighted by Crippen LogP contribution is -2.05. The maximum Gasteiger partial charge on any atom is 0.336 e. The molecule has 0 aliphatic carbocycles. The molecule has 0 unspecified atom stereocenters. The molecule has 0 spiro atoms. The van der Waals surface area contributed by atoms with Gasteiger partial charge in [0.1, 0.15) is 11.5 Å². The van der Waals surface area contributed by atoms with E-state index in [4.69, 9.17) is 21.3 Å². The van der Waals surface area contributed by atoms with E-state index in [1.807, 2.05) is 92.7 Å². The predicted octanol–water partition coefficient (Wildman–Crippen LogP) is 7.72. The highest BCUT2D eigenvalue weighted by Gasteiger charge is 2.19. The van der Waals surface area contributed by atoms with Crippen molar-refractivity contribution in [1.82, 2.24) is 14.8 Å². The molecule has 5 aromatic rings. The highest BCUT2D eigenvalue weighted by Crippen LogP contribution is 2.30. The molecule has 3 aromatic carbocycles. The third kappa shape index (κ3) is 5.31. The summed E-state index contributed by atoms with van der Waals surface area (Å²) in [6.45, 7) is 6.14. The topological polar surface area (TPSA) is 77.2 Å². The molecule has 0 aliphatic rings. The molecule has 5 rings (SSSR count). The average molecular weight is 524 g/mol. The van der Waals surface area contributed by atoms with E-state index >= 15 is 0 Å². The van der Waals surface area contributed by atoms with Crippen LogP contribution in [0.5, 0.6) is 11.5 Å². The Kier molecular flexibility index (Phi) is 6.99. The molecule has 2 heterocycles. The van der Waals surface area contributed by atoms with E-state index < -0.39 is 5.97 Å². The Labute approximate surface area is 225 Å². The van der Waals surface area contributed by atoms with Gasteiger partial charge in [0.25, 0.3) is 0 Å². The van der Waals surface area contributed by atoms with Crippen LogP contribution in [0.3, 0.4) is 0 Å². The molecule has 6 nitrogen and oxygen atoms in total. The number of hydrogen-bond acceptors (Lipinski definition) is 4. The summed E-state index contributed by atoms with van der Waals surface area (Å²) in [5, 5.41) is 15.8. The minimum Gasteiger partial charge on any atom is -0.478 e. The van der Waals surface area contributed by atoms with Gasteiger partial charge in [0.15, 0.2) is 5.65 Å². The number of halogens is 1. The standard InChI is InChI=1S/C31H26ClN3O3/c1-19-15-26(16-20(2)29(19)32)38-25-13-10-23(11-14-25)18-35-30-28(21(3)34-35)27(31(36)37)17-24(33-30)12-9-22-7-5-4-6-8-22/h4-17H,18H2,1-3H3,(H,36,37)/b12-9+. The van der Waals surface area contributed by atoms with Crippen molar-refractivity contribution in [2.45, 2.75) is 27.3 Å². The predicted molar refractivity (Wildman–Crippen MR) is 151 cm³/mol. The highest BCUT2D eigenvalue weighted by molar-refractivity contribution is 6.32. The molecule has 0 amide bonds. The first kappa shape index (κ1) is 25.2. The lowest BCUT2D eigenvalue weighted by molar-refractivity contribution is 0.0699. The first-order valence-electron chi connectivity index (χ1n) is 12.2. The van der Waals surface area contributed by atoms with Gasteiger partial charge in [-0.3, -0.25) is 0 Å². The van der Waals surface area contributed by atoms with Gasteiger partial charge in [-0.2, -0.15) is 5.10 Å². The summed E-state index contributed by atoms with van der Waals surface area (Å²) in [6.07, 6.45) is 3.73. The fourth-order valence-corrected chi connectivity index (χ4v) is 4.53. The Morgan fingerprint density at radius 1 is 0.947 bits per heavy atom. The molecule has 7 heteroatoms. The number of carbonyl (C=O) groups is 1. The van der Waals surface area contributed by atoms with Crippen molar-refractivity contribution in [2.75, 3.05) is 0 Å². The number of carboxylic acids is 1. The smallest absolute Gasteiger partial charge is 0.336 e. The van der Waals surface area contributed by atoms with Crippen LogP contribution in [0.25, 0.3) is 23.2 Å². The molecule has 0 saturated carbocycles. The summed E-state index contributed by atoms with van der Waals surface area (Å²) in [4.78, 5) is 16.9. The van der Waals surface area contributed by atoms with Crippen LogP contribution in [0.2, 0.25) is 5.02 Å². The number of nitrogens with zero attached hydrogens (tertiary/aromatic N) is 3. The third-order valence-corrected chi connectivity index (χ3v) is 6.87. The van der Waals surface area contributed by atoms with Crippen molar-refractivity contribution in [2.24, 2.45) is 0 Å².